The van der Waals surface area contributed by atoms with E-state index >= 15 is 0 Å². The first kappa shape index (κ1) is 18.8. The minimum atomic E-state index is -0.114. The van der Waals surface area contributed by atoms with Crippen LogP contribution < -0.4 is 16.7 Å². The Labute approximate surface area is 167 Å². The van der Waals surface area contributed by atoms with Crippen molar-refractivity contribution in [3.63, 3.8) is 0 Å². The molecule has 2 heterocycles. The van der Waals surface area contributed by atoms with Crippen LogP contribution >= 0.6 is 0 Å². The highest BCUT2D eigenvalue weighted by atomic mass is 16.3. The Bertz CT molecular complexity index is 1060. The second-order valence-corrected chi connectivity index (χ2v) is 6.91. The number of carbonyl (C=O) groups excluding carboxylic acids is 1. The summed E-state index contributed by atoms with van der Waals surface area (Å²) in [6.07, 6.45) is 2.43. The Hall–Kier alpha value is -3.56. The lowest BCUT2D eigenvalue weighted by atomic mass is 9.86. The molecular weight excluding hydrogens is 370 g/mol. The highest BCUT2D eigenvalue weighted by Crippen LogP contribution is 2.42. The second-order valence-electron chi connectivity index (χ2n) is 6.91. The molecule has 9 heteroatoms. The average molecular weight is 391 g/mol. The topological polar surface area (TPSA) is 146 Å². The van der Waals surface area contributed by atoms with Crippen molar-refractivity contribution in [2.24, 2.45) is 27.9 Å². The van der Waals surface area contributed by atoms with E-state index in [-0.39, 0.29) is 24.7 Å². The number of aromatic nitrogens is 2. The summed E-state index contributed by atoms with van der Waals surface area (Å²) in [5, 5.41) is 18.1. The molecular formula is C20H21N7O2. The van der Waals surface area contributed by atoms with Gasteiger partial charge in [0.2, 0.25) is 0 Å². The molecule has 29 heavy (non-hydrogen) atoms. The molecule has 6 N–H and O–H groups in total. The number of carbonyl (C=O) groups is 1. The van der Waals surface area contributed by atoms with Gasteiger partial charge in [-0.15, -0.1) is 5.11 Å². The molecule has 1 atom stereocenters. The second kappa shape index (κ2) is 7.82. The Morgan fingerprint density at radius 2 is 2.03 bits per heavy atom. The number of ketones is 1. The Balaban J connectivity index is 1.91. The molecule has 0 radical (unpaired) electrons. The van der Waals surface area contributed by atoms with Gasteiger partial charge in [-0.3, -0.25) is 9.80 Å². The third kappa shape index (κ3) is 3.48. The zero-order valence-electron chi connectivity index (χ0n) is 15.6. The van der Waals surface area contributed by atoms with Gasteiger partial charge in [0.15, 0.2) is 11.6 Å². The molecule has 3 aromatic rings. The number of para-hydroxylation sites is 1. The molecule has 4 rings (SSSR count). The molecule has 0 fully saturated rings. The van der Waals surface area contributed by atoms with Gasteiger partial charge >= 0.3 is 0 Å². The summed E-state index contributed by atoms with van der Waals surface area (Å²) in [5.41, 5.74) is 4.04. The van der Waals surface area contributed by atoms with Gasteiger partial charge in [0.25, 0.3) is 0 Å². The minimum absolute atomic E-state index is 0.0455. The van der Waals surface area contributed by atoms with Crippen molar-refractivity contribution in [1.82, 2.24) is 9.97 Å². The molecule has 0 aliphatic heterocycles. The van der Waals surface area contributed by atoms with Crippen LogP contribution in [0.15, 0.2) is 59.0 Å². The molecule has 2 aromatic heterocycles. The third-order valence-corrected chi connectivity index (χ3v) is 5.02. The quantitative estimate of drug-likeness (QED) is 0.299. The number of anilines is 2. The van der Waals surface area contributed by atoms with Crippen molar-refractivity contribution in [3.8, 4) is 11.3 Å². The maximum absolute atomic E-state index is 12.9. The van der Waals surface area contributed by atoms with Crippen LogP contribution in [0.5, 0.6) is 0 Å². The van der Waals surface area contributed by atoms with Crippen LogP contribution in [-0.4, -0.2) is 27.5 Å². The van der Waals surface area contributed by atoms with Crippen LogP contribution in [0.2, 0.25) is 0 Å². The van der Waals surface area contributed by atoms with Gasteiger partial charge < -0.3 is 15.9 Å². The largest absolute Gasteiger partial charge is 0.396 e. The van der Waals surface area contributed by atoms with Crippen LogP contribution in [0.1, 0.15) is 22.5 Å². The summed E-state index contributed by atoms with van der Waals surface area (Å²) in [4.78, 5) is 20.4. The summed E-state index contributed by atoms with van der Waals surface area (Å²) in [7, 11) is 0. The fourth-order valence-corrected chi connectivity index (χ4v) is 3.70. The van der Waals surface area contributed by atoms with Crippen LogP contribution in [0.3, 0.4) is 0 Å². The van der Waals surface area contributed by atoms with Crippen LogP contribution in [0.4, 0.5) is 17.2 Å². The normalized spacial score (nSPS) is 16.2. The fraction of sp³-hybridized carbons (Fsp3) is 0.200. The van der Waals surface area contributed by atoms with E-state index in [4.69, 9.17) is 11.7 Å². The van der Waals surface area contributed by atoms with E-state index in [1.807, 2.05) is 30.3 Å². The van der Waals surface area contributed by atoms with Crippen LogP contribution in [0.25, 0.3) is 11.3 Å². The van der Waals surface area contributed by atoms with E-state index in [9.17, 15) is 9.90 Å². The smallest absolute Gasteiger partial charge is 0.176 e. The van der Waals surface area contributed by atoms with E-state index in [1.165, 1.54) is 5.01 Å². The van der Waals surface area contributed by atoms with Crippen molar-refractivity contribution < 1.29 is 9.90 Å². The standard InChI is InChI=1S/C20H21N7O2/c21-26-25-17-10-13(6-7-23-17)19-20(27(22)14-4-2-1-3-5-14)18-15(24-19)8-12(11-28)9-16(18)29/h1-7,10,12,24,28H,8-9,11,22H2,(H2,21,23,25). The number of fused-ring (bicyclic) bond motifs is 1. The number of aliphatic hydroxyl groups excluding tert-OH is 1. The lowest BCUT2D eigenvalue weighted by Crippen LogP contribution is -2.29. The summed E-state index contributed by atoms with van der Waals surface area (Å²) in [5.74, 6) is 11.8. The summed E-state index contributed by atoms with van der Waals surface area (Å²) < 4.78 is 0. The molecule has 148 valence electrons. The van der Waals surface area contributed by atoms with Crippen molar-refractivity contribution in [3.05, 3.63) is 59.9 Å². The molecule has 1 aliphatic rings. The average Bonchev–Trinajstić information content (AvgIpc) is 3.14. The number of rotatable bonds is 5. The first-order chi connectivity index (χ1) is 14.1. The first-order valence-electron chi connectivity index (χ1n) is 9.18. The number of nitrogens with zero attached hydrogens (tertiary/aromatic N) is 4. The van der Waals surface area contributed by atoms with E-state index < -0.39 is 0 Å². The monoisotopic (exact) mass is 391 g/mol. The number of benzene rings is 1. The number of pyridine rings is 1. The van der Waals surface area contributed by atoms with Gasteiger partial charge in [-0.25, -0.2) is 10.8 Å². The van der Waals surface area contributed by atoms with Gasteiger partial charge in [-0.05, 0) is 36.6 Å². The van der Waals surface area contributed by atoms with Crippen molar-refractivity contribution in [2.75, 3.05) is 11.6 Å². The lowest BCUT2D eigenvalue weighted by molar-refractivity contribution is 0.0919. The van der Waals surface area contributed by atoms with Crippen molar-refractivity contribution in [2.45, 2.75) is 12.8 Å². The molecule has 0 spiro atoms. The van der Waals surface area contributed by atoms with E-state index in [0.717, 1.165) is 16.9 Å². The number of hydrazine groups is 1. The molecule has 0 bridgehead atoms. The summed E-state index contributed by atoms with van der Waals surface area (Å²) in [6, 6.07) is 12.9. The molecule has 0 saturated carbocycles. The number of aliphatic hydroxyl groups is 1. The fourth-order valence-electron chi connectivity index (χ4n) is 3.70. The summed E-state index contributed by atoms with van der Waals surface area (Å²) >= 11 is 0. The molecule has 1 unspecified atom stereocenters. The molecule has 1 aromatic carbocycles. The highest BCUT2D eigenvalue weighted by molar-refractivity contribution is 6.07. The Morgan fingerprint density at radius 1 is 1.24 bits per heavy atom. The molecule has 0 amide bonds. The van der Waals surface area contributed by atoms with Gasteiger partial charge in [-0.1, -0.05) is 23.4 Å². The Morgan fingerprint density at radius 3 is 2.76 bits per heavy atom. The maximum atomic E-state index is 12.9. The third-order valence-electron chi connectivity index (χ3n) is 5.02. The zero-order valence-corrected chi connectivity index (χ0v) is 15.6. The minimum Gasteiger partial charge on any atom is -0.396 e. The predicted molar refractivity (Wildman–Crippen MR) is 109 cm³/mol. The van der Waals surface area contributed by atoms with Crippen LogP contribution in [0, 0.1) is 5.92 Å². The van der Waals surface area contributed by atoms with Gasteiger partial charge in [-0.2, -0.15) is 0 Å². The van der Waals surface area contributed by atoms with Crippen LogP contribution in [-0.2, 0) is 6.42 Å². The number of hydrogen-bond donors (Lipinski definition) is 4. The number of H-pyrrole nitrogens is 1. The predicted octanol–water partition coefficient (Wildman–Crippen LogP) is 2.78. The Kier molecular flexibility index (Phi) is 5.07. The van der Waals surface area contributed by atoms with Gasteiger partial charge in [0, 0.05) is 30.5 Å². The van der Waals surface area contributed by atoms with E-state index in [0.29, 0.717) is 29.2 Å². The molecule has 1 aliphatic carbocycles. The number of Topliss-reactive ketones (excluding diaryl/α,β-unsaturated/α-hetero) is 1. The van der Waals surface area contributed by atoms with Gasteiger partial charge in [0.1, 0.15) is 0 Å². The highest BCUT2D eigenvalue weighted by Gasteiger charge is 2.33. The first-order valence-corrected chi connectivity index (χ1v) is 9.18. The van der Waals surface area contributed by atoms with E-state index in [2.05, 4.69) is 20.3 Å². The SMILES string of the molecule is NN=Nc1cc(-c2[nH]c3c(c2N(N)c2ccccc2)C(=O)CC(CO)C3)ccn1. The number of nitrogens with one attached hydrogen (secondary N) is 1. The summed E-state index contributed by atoms with van der Waals surface area (Å²) in [6.45, 7) is -0.0455. The van der Waals surface area contributed by atoms with Crippen molar-refractivity contribution >= 4 is 23.0 Å². The molecule has 9 nitrogen and oxygen atoms in total. The maximum Gasteiger partial charge on any atom is 0.176 e. The van der Waals surface area contributed by atoms with Gasteiger partial charge in [0.05, 0.1) is 22.6 Å². The lowest BCUT2D eigenvalue weighted by Gasteiger charge is -2.24. The molecule has 0 saturated heterocycles. The van der Waals surface area contributed by atoms with Crippen molar-refractivity contribution in [1.29, 1.82) is 0 Å². The number of nitrogens with two attached hydrogens (primary N) is 2. The number of hydrogen-bond acceptors (Lipinski definition) is 7. The van der Waals surface area contributed by atoms with E-state index in [1.54, 1.807) is 18.3 Å². The number of aromatic amines is 1. The zero-order chi connectivity index (χ0) is 20.4.